The first kappa shape index (κ1) is 9.63. The Morgan fingerprint density at radius 3 is 2.75 bits per heavy atom. The molecule has 84 valence electrons. The molecular formula is C12H13FN2O. The zero-order valence-corrected chi connectivity index (χ0v) is 9.01. The van der Waals surface area contributed by atoms with Gasteiger partial charge in [0.1, 0.15) is 17.5 Å². The normalized spacial score (nSPS) is 23.4. The summed E-state index contributed by atoms with van der Waals surface area (Å²) in [6.45, 7) is 1.78. The Hall–Kier alpha value is -1.58. The molecule has 3 rings (SSSR count). The fourth-order valence-electron chi connectivity index (χ4n) is 2.12. The molecule has 2 aliphatic rings. The van der Waals surface area contributed by atoms with Crippen LogP contribution in [0.15, 0.2) is 12.1 Å². The molecule has 1 unspecified atom stereocenters. The van der Waals surface area contributed by atoms with Crippen LogP contribution in [0.25, 0.3) is 0 Å². The number of nitrogens with one attached hydrogen (secondary N) is 2. The first-order chi connectivity index (χ1) is 7.66. The maximum Gasteiger partial charge on any atom is 0.246 e. The molecule has 0 spiro atoms. The van der Waals surface area contributed by atoms with Crippen LogP contribution in [-0.2, 0) is 4.79 Å². The third-order valence-corrected chi connectivity index (χ3v) is 3.21. The van der Waals surface area contributed by atoms with Gasteiger partial charge in [0, 0.05) is 0 Å². The van der Waals surface area contributed by atoms with Crippen molar-refractivity contribution >= 4 is 17.3 Å². The summed E-state index contributed by atoms with van der Waals surface area (Å²) in [5.41, 5.74) is 2.21. The van der Waals surface area contributed by atoms with Gasteiger partial charge in [0.25, 0.3) is 0 Å². The largest absolute Gasteiger partial charge is 0.372 e. The van der Waals surface area contributed by atoms with E-state index in [1.807, 2.05) is 6.07 Å². The molecule has 3 nitrogen and oxygen atoms in total. The standard InChI is InChI=1S/C12H13FN2O/c1-6-12(16)15-11-9(13)5-4-8(7-2-3-7)10(11)14-6/h4-7,14H,2-3H2,1H3,(H,15,16). The zero-order valence-electron chi connectivity index (χ0n) is 9.01. The van der Waals surface area contributed by atoms with Gasteiger partial charge in [0.15, 0.2) is 0 Å². The molecular weight excluding hydrogens is 207 g/mol. The fourth-order valence-corrected chi connectivity index (χ4v) is 2.12. The molecule has 1 aromatic carbocycles. The topological polar surface area (TPSA) is 41.1 Å². The highest BCUT2D eigenvalue weighted by Crippen LogP contribution is 2.47. The third-order valence-electron chi connectivity index (χ3n) is 3.21. The summed E-state index contributed by atoms with van der Waals surface area (Å²) >= 11 is 0. The second-order valence-corrected chi connectivity index (χ2v) is 4.52. The number of hydrogen-bond acceptors (Lipinski definition) is 2. The van der Waals surface area contributed by atoms with Crippen LogP contribution in [0.3, 0.4) is 0 Å². The van der Waals surface area contributed by atoms with E-state index in [-0.39, 0.29) is 17.8 Å². The van der Waals surface area contributed by atoms with E-state index in [0.29, 0.717) is 11.6 Å². The maximum absolute atomic E-state index is 13.6. The molecule has 1 aromatic rings. The number of carbonyl (C=O) groups excluding carboxylic acids is 1. The van der Waals surface area contributed by atoms with E-state index in [9.17, 15) is 9.18 Å². The number of carbonyl (C=O) groups is 1. The van der Waals surface area contributed by atoms with Crippen LogP contribution in [0.1, 0.15) is 31.2 Å². The summed E-state index contributed by atoms with van der Waals surface area (Å²) in [5.74, 6) is -0.0180. The Morgan fingerprint density at radius 2 is 2.06 bits per heavy atom. The third kappa shape index (κ3) is 1.37. The monoisotopic (exact) mass is 220 g/mol. The van der Waals surface area contributed by atoms with Crippen LogP contribution in [-0.4, -0.2) is 11.9 Å². The molecule has 1 amide bonds. The van der Waals surface area contributed by atoms with Gasteiger partial charge in [-0.2, -0.15) is 0 Å². The molecule has 0 saturated heterocycles. The van der Waals surface area contributed by atoms with Crippen LogP contribution in [0.2, 0.25) is 0 Å². The Morgan fingerprint density at radius 1 is 1.31 bits per heavy atom. The molecule has 1 fully saturated rings. The van der Waals surface area contributed by atoms with E-state index >= 15 is 0 Å². The van der Waals surface area contributed by atoms with Crippen LogP contribution in [0.4, 0.5) is 15.8 Å². The molecule has 1 saturated carbocycles. The average Bonchev–Trinajstić information content (AvgIpc) is 3.05. The van der Waals surface area contributed by atoms with Crippen LogP contribution in [0, 0.1) is 5.82 Å². The summed E-state index contributed by atoms with van der Waals surface area (Å²) in [5, 5.41) is 5.71. The van der Waals surface area contributed by atoms with E-state index in [0.717, 1.165) is 24.1 Å². The lowest BCUT2D eigenvalue weighted by Crippen LogP contribution is -2.37. The average molecular weight is 220 g/mol. The lowest BCUT2D eigenvalue weighted by molar-refractivity contribution is -0.116. The second-order valence-electron chi connectivity index (χ2n) is 4.52. The Balaban J connectivity index is 2.12. The van der Waals surface area contributed by atoms with Gasteiger partial charge in [-0.3, -0.25) is 4.79 Å². The summed E-state index contributed by atoms with van der Waals surface area (Å²) in [7, 11) is 0. The lowest BCUT2D eigenvalue weighted by Gasteiger charge is -2.26. The minimum atomic E-state index is -0.368. The fraction of sp³-hybridized carbons (Fsp3) is 0.417. The van der Waals surface area contributed by atoms with E-state index in [1.54, 1.807) is 6.92 Å². The van der Waals surface area contributed by atoms with Crippen molar-refractivity contribution in [2.24, 2.45) is 0 Å². The number of halogens is 1. The predicted molar refractivity (Wildman–Crippen MR) is 60.1 cm³/mol. The minimum absolute atomic E-state index is 0.181. The van der Waals surface area contributed by atoms with Gasteiger partial charge in [-0.1, -0.05) is 6.07 Å². The Bertz CT molecular complexity index is 468. The first-order valence-corrected chi connectivity index (χ1v) is 5.56. The van der Waals surface area contributed by atoms with Crippen LogP contribution in [0.5, 0.6) is 0 Å². The van der Waals surface area contributed by atoms with Gasteiger partial charge in [-0.05, 0) is 37.3 Å². The minimum Gasteiger partial charge on any atom is -0.372 e. The number of fused-ring (bicyclic) bond motifs is 1. The Kier molecular flexibility index (Phi) is 1.93. The van der Waals surface area contributed by atoms with Crippen molar-refractivity contribution in [1.29, 1.82) is 0 Å². The van der Waals surface area contributed by atoms with Gasteiger partial charge in [0.05, 0.1) is 5.69 Å². The number of hydrogen-bond donors (Lipinski definition) is 2. The molecule has 1 atom stereocenters. The van der Waals surface area contributed by atoms with Gasteiger partial charge < -0.3 is 10.6 Å². The SMILES string of the molecule is CC1Nc2c(C3CC3)ccc(F)c2NC1=O. The van der Waals surface area contributed by atoms with E-state index < -0.39 is 0 Å². The number of amides is 1. The molecule has 0 aromatic heterocycles. The highest BCUT2D eigenvalue weighted by Gasteiger charge is 2.32. The van der Waals surface area contributed by atoms with Crippen molar-refractivity contribution in [1.82, 2.24) is 0 Å². The second kappa shape index (κ2) is 3.20. The summed E-state index contributed by atoms with van der Waals surface area (Å²) in [6, 6.07) is 2.96. The van der Waals surface area contributed by atoms with Gasteiger partial charge in [-0.25, -0.2) is 4.39 Å². The number of rotatable bonds is 1. The molecule has 0 bridgehead atoms. The van der Waals surface area contributed by atoms with Gasteiger partial charge in [0.2, 0.25) is 5.91 Å². The lowest BCUT2D eigenvalue weighted by atomic mass is 10.0. The molecule has 16 heavy (non-hydrogen) atoms. The molecule has 1 aliphatic heterocycles. The van der Waals surface area contributed by atoms with Crippen molar-refractivity contribution in [3.63, 3.8) is 0 Å². The quantitative estimate of drug-likeness (QED) is 0.763. The summed E-state index contributed by atoms with van der Waals surface area (Å²) < 4.78 is 13.6. The molecule has 2 N–H and O–H groups in total. The van der Waals surface area contributed by atoms with Gasteiger partial charge >= 0.3 is 0 Å². The van der Waals surface area contributed by atoms with Crippen molar-refractivity contribution in [2.75, 3.05) is 10.6 Å². The van der Waals surface area contributed by atoms with Crippen molar-refractivity contribution in [3.05, 3.63) is 23.5 Å². The van der Waals surface area contributed by atoms with Crippen LogP contribution < -0.4 is 10.6 Å². The van der Waals surface area contributed by atoms with Crippen molar-refractivity contribution in [2.45, 2.75) is 31.7 Å². The van der Waals surface area contributed by atoms with Crippen molar-refractivity contribution < 1.29 is 9.18 Å². The van der Waals surface area contributed by atoms with Crippen molar-refractivity contribution in [3.8, 4) is 0 Å². The zero-order chi connectivity index (χ0) is 11.3. The number of benzene rings is 1. The molecule has 4 heteroatoms. The molecule has 1 aliphatic carbocycles. The predicted octanol–water partition coefficient (Wildman–Crippen LogP) is 2.46. The Labute approximate surface area is 93.0 Å². The van der Waals surface area contributed by atoms with E-state index in [4.69, 9.17) is 0 Å². The maximum atomic E-state index is 13.6. The number of anilines is 2. The smallest absolute Gasteiger partial charge is 0.246 e. The highest BCUT2D eigenvalue weighted by molar-refractivity contribution is 6.03. The van der Waals surface area contributed by atoms with Gasteiger partial charge in [-0.15, -0.1) is 0 Å². The molecule has 1 heterocycles. The van der Waals surface area contributed by atoms with Crippen LogP contribution >= 0.6 is 0 Å². The summed E-state index contributed by atoms with van der Waals surface area (Å²) in [4.78, 5) is 11.5. The highest BCUT2D eigenvalue weighted by atomic mass is 19.1. The van der Waals surface area contributed by atoms with E-state index in [2.05, 4.69) is 10.6 Å². The van der Waals surface area contributed by atoms with E-state index in [1.165, 1.54) is 6.07 Å². The molecule has 0 radical (unpaired) electrons. The summed E-state index contributed by atoms with van der Waals surface area (Å²) in [6.07, 6.45) is 2.31. The first-order valence-electron chi connectivity index (χ1n) is 5.56.